The number of sulfonamides is 1. The third-order valence-electron chi connectivity index (χ3n) is 4.14. The average molecular weight is 402 g/mol. The van der Waals surface area contributed by atoms with E-state index in [1.54, 1.807) is 36.4 Å². The van der Waals surface area contributed by atoms with E-state index in [9.17, 15) is 13.2 Å². The molecule has 0 aliphatic rings. The minimum atomic E-state index is -3.91. The number of benzene rings is 2. The van der Waals surface area contributed by atoms with E-state index in [0.717, 1.165) is 14.9 Å². The molecule has 6 nitrogen and oxygen atoms in total. The van der Waals surface area contributed by atoms with E-state index in [2.05, 4.69) is 10.3 Å². The van der Waals surface area contributed by atoms with E-state index in [0.29, 0.717) is 10.8 Å². The van der Waals surface area contributed by atoms with Crippen molar-refractivity contribution in [2.75, 3.05) is 16.7 Å². The lowest BCUT2D eigenvalue weighted by Gasteiger charge is -2.21. The Morgan fingerprint density at radius 2 is 1.67 bits per heavy atom. The van der Waals surface area contributed by atoms with Gasteiger partial charge in [-0.25, -0.2) is 13.4 Å². The van der Waals surface area contributed by atoms with Crippen molar-refractivity contribution < 1.29 is 13.2 Å². The van der Waals surface area contributed by atoms with Gasteiger partial charge in [0.25, 0.3) is 15.9 Å². The molecular weight excluding hydrogens is 382 g/mol. The molecule has 3 aromatic rings. The number of carbonyl (C=O) groups excluding carboxylic acids is 1. The van der Waals surface area contributed by atoms with Crippen LogP contribution in [0.2, 0.25) is 0 Å². The lowest BCUT2D eigenvalue weighted by Crippen LogP contribution is -2.28. The molecule has 0 unspecified atom stereocenters. The number of amides is 1. The number of hydrogen-bond acceptors (Lipinski definition) is 5. The van der Waals surface area contributed by atoms with Crippen LogP contribution in [0.4, 0.5) is 10.8 Å². The molecule has 0 aliphatic carbocycles. The van der Waals surface area contributed by atoms with Crippen LogP contribution in [0.5, 0.6) is 0 Å². The molecular formula is C19H19N3O3S2. The molecule has 0 saturated heterocycles. The van der Waals surface area contributed by atoms with Gasteiger partial charge in [-0.15, -0.1) is 11.3 Å². The molecule has 0 spiro atoms. The summed E-state index contributed by atoms with van der Waals surface area (Å²) in [6.45, 7) is 3.77. The number of aryl methyl sites for hydroxylation is 2. The Hall–Kier alpha value is -2.71. The van der Waals surface area contributed by atoms with Gasteiger partial charge in [-0.05, 0) is 38.1 Å². The van der Waals surface area contributed by atoms with Gasteiger partial charge in [0.05, 0.1) is 16.9 Å². The van der Waals surface area contributed by atoms with Crippen molar-refractivity contribution >= 4 is 38.1 Å². The van der Waals surface area contributed by atoms with Gasteiger partial charge in [-0.2, -0.15) is 0 Å². The van der Waals surface area contributed by atoms with Gasteiger partial charge in [0, 0.05) is 11.9 Å². The Morgan fingerprint density at radius 3 is 2.30 bits per heavy atom. The first-order valence-electron chi connectivity index (χ1n) is 8.19. The van der Waals surface area contributed by atoms with Gasteiger partial charge in [-0.1, -0.05) is 30.3 Å². The highest BCUT2D eigenvalue weighted by atomic mass is 32.2. The van der Waals surface area contributed by atoms with Crippen LogP contribution >= 0.6 is 11.3 Å². The van der Waals surface area contributed by atoms with Crippen LogP contribution in [-0.2, 0) is 10.0 Å². The van der Waals surface area contributed by atoms with E-state index in [-0.39, 0.29) is 10.5 Å². The van der Waals surface area contributed by atoms with Gasteiger partial charge >= 0.3 is 0 Å². The second kappa shape index (κ2) is 7.50. The lowest BCUT2D eigenvalue weighted by atomic mass is 10.2. The fraction of sp³-hybridized carbons (Fsp3) is 0.158. The van der Waals surface area contributed by atoms with E-state index < -0.39 is 15.9 Å². The second-order valence-electron chi connectivity index (χ2n) is 5.92. The molecule has 1 amide bonds. The highest BCUT2D eigenvalue weighted by Crippen LogP contribution is 2.26. The molecule has 1 heterocycles. The van der Waals surface area contributed by atoms with E-state index in [1.807, 2.05) is 19.9 Å². The SMILES string of the molecule is Cc1nc(NC(=O)c2ccccc2S(=O)(=O)N(C)c2ccccc2)sc1C. The van der Waals surface area contributed by atoms with Crippen LogP contribution in [0.25, 0.3) is 0 Å². The molecule has 140 valence electrons. The molecule has 0 aliphatic heterocycles. The summed E-state index contributed by atoms with van der Waals surface area (Å²) in [6, 6.07) is 14.9. The number of para-hydroxylation sites is 1. The Balaban J connectivity index is 1.96. The summed E-state index contributed by atoms with van der Waals surface area (Å²) >= 11 is 1.35. The van der Waals surface area contributed by atoms with Gasteiger partial charge < -0.3 is 0 Å². The highest BCUT2D eigenvalue weighted by Gasteiger charge is 2.27. The van der Waals surface area contributed by atoms with Crippen LogP contribution in [0, 0.1) is 13.8 Å². The predicted octanol–water partition coefficient (Wildman–Crippen LogP) is 3.84. The van der Waals surface area contributed by atoms with Crippen molar-refractivity contribution in [2.45, 2.75) is 18.7 Å². The summed E-state index contributed by atoms with van der Waals surface area (Å²) in [5, 5.41) is 3.14. The lowest BCUT2D eigenvalue weighted by molar-refractivity contribution is 0.102. The monoisotopic (exact) mass is 401 g/mol. The first-order valence-corrected chi connectivity index (χ1v) is 10.4. The summed E-state index contributed by atoms with van der Waals surface area (Å²) in [4.78, 5) is 17.9. The van der Waals surface area contributed by atoms with Crippen molar-refractivity contribution in [1.82, 2.24) is 4.98 Å². The number of nitrogens with zero attached hydrogens (tertiary/aromatic N) is 2. The summed E-state index contributed by atoms with van der Waals surface area (Å²) < 4.78 is 27.4. The zero-order chi connectivity index (χ0) is 19.6. The Morgan fingerprint density at radius 1 is 1.04 bits per heavy atom. The van der Waals surface area contributed by atoms with Gasteiger partial charge in [-0.3, -0.25) is 14.4 Å². The average Bonchev–Trinajstić information content (AvgIpc) is 2.98. The van der Waals surface area contributed by atoms with Crippen molar-refractivity contribution in [3.63, 3.8) is 0 Å². The summed E-state index contributed by atoms with van der Waals surface area (Å²) in [5.41, 5.74) is 1.42. The van der Waals surface area contributed by atoms with Crippen LogP contribution < -0.4 is 9.62 Å². The maximum absolute atomic E-state index is 13.1. The van der Waals surface area contributed by atoms with Crippen molar-refractivity contribution in [1.29, 1.82) is 0 Å². The van der Waals surface area contributed by atoms with Crippen LogP contribution in [0.3, 0.4) is 0 Å². The number of thiazole rings is 1. The summed E-state index contributed by atoms with van der Waals surface area (Å²) in [5.74, 6) is -0.510. The summed E-state index contributed by atoms with van der Waals surface area (Å²) in [7, 11) is -2.44. The number of anilines is 2. The van der Waals surface area contributed by atoms with Crippen LogP contribution in [-0.4, -0.2) is 26.4 Å². The number of rotatable bonds is 5. The first-order chi connectivity index (χ1) is 12.8. The standard InChI is InChI=1S/C19H19N3O3S2/c1-13-14(2)26-19(20-13)21-18(23)16-11-7-8-12-17(16)27(24,25)22(3)15-9-5-4-6-10-15/h4-12H,1-3H3,(H,20,21,23). The number of carbonyl (C=O) groups is 1. The minimum Gasteiger partial charge on any atom is -0.298 e. The topological polar surface area (TPSA) is 79.4 Å². The maximum atomic E-state index is 13.1. The maximum Gasteiger partial charge on any atom is 0.264 e. The van der Waals surface area contributed by atoms with E-state index >= 15 is 0 Å². The van der Waals surface area contributed by atoms with Crippen molar-refractivity contribution in [2.24, 2.45) is 0 Å². The Bertz CT molecular complexity index is 1060. The summed E-state index contributed by atoms with van der Waals surface area (Å²) in [6.07, 6.45) is 0. The molecule has 0 atom stereocenters. The van der Waals surface area contributed by atoms with Gasteiger partial charge in [0.1, 0.15) is 4.90 Å². The molecule has 0 radical (unpaired) electrons. The molecule has 0 saturated carbocycles. The molecule has 1 aromatic heterocycles. The molecule has 2 aromatic carbocycles. The number of aromatic nitrogens is 1. The Labute approximate surface area is 162 Å². The number of nitrogens with one attached hydrogen (secondary N) is 1. The quantitative estimate of drug-likeness (QED) is 0.704. The molecule has 0 bridgehead atoms. The first kappa shape index (κ1) is 19.1. The van der Waals surface area contributed by atoms with E-state index in [4.69, 9.17) is 0 Å². The third-order valence-corrected chi connectivity index (χ3v) is 6.97. The minimum absolute atomic E-state index is 0.0566. The van der Waals surface area contributed by atoms with E-state index in [1.165, 1.54) is 30.5 Å². The second-order valence-corrected chi connectivity index (χ2v) is 9.06. The van der Waals surface area contributed by atoms with Gasteiger partial charge in [0.15, 0.2) is 5.13 Å². The number of hydrogen-bond donors (Lipinski definition) is 1. The van der Waals surface area contributed by atoms with Crippen molar-refractivity contribution in [3.05, 3.63) is 70.7 Å². The zero-order valence-corrected chi connectivity index (χ0v) is 16.8. The smallest absolute Gasteiger partial charge is 0.264 e. The molecule has 27 heavy (non-hydrogen) atoms. The normalized spacial score (nSPS) is 11.2. The van der Waals surface area contributed by atoms with Crippen molar-refractivity contribution in [3.8, 4) is 0 Å². The third kappa shape index (κ3) is 3.86. The zero-order valence-electron chi connectivity index (χ0n) is 15.1. The molecule has 0 fully saturated rings. The fourth-order valence-electron chi connectivity index (χ4n) is 2.49. The van der Waals surface area contributed by atoms with Crippen LogP contribution in [0.1, 0.15) is 20.9 Å². The highest BCUT2D eigenvalue weighted by molar-refractivity contribution is 7.92. The fourth-order valence-corrected chi connectivity index (χ4v) is 4.69. The van der Waals surface area contributed by atoms with Crippen LogP contribution in [0.15, 0.2) is 59.5 Å². The molecule has 3 rings (SSSR count). The largest absolute Gasteiger partial charge is 0.298 e. The molecule has 1 N–H and O–H groups in total. The van der Waals surface area contributed by atoms with Gasteiger partial charge in [0.2, 0.25) is 0 Å². The molecule has 8 heteroatoms. The Kier molecular flexibility index (Phi) is 5.29. The predicted molar refractivity (Wildman–Crippen MR) is 108 cm³/mol.